The summed E-state index contributed by atoms with van der Waals surface area (Å²) >= 11 is 0. The highest BCUT2D eigenvalue weighted by atomic mass is 16.4. The number of nitrogens with two attached hydrogens (primary N) is 1. The zero-order valence-electron chi connectivity index (χ0n) is 5.40. The molecule has 0 radical (unpaired) electrons. The average molecular weight is 149 g/mol. The van der Waals surface area contributed by atoms with Gasteiger partial charge in [-0.2, -0.15) is 0 Å². The van der Waals surface area contributed by atoms with Crippen LogP contribution in [0, 0.1) is 0 Å². The van der Waals surface area contributed by atoms with Crippen LogP contribution in [-0.4, -0.2) is 46.5 Å². The van der Waals surface area contributed by atoms with Crippen LogP contribution in [0.25, 0.3) is 0 Å². The van der Waals surface area contributed by atoms with Crippen molar-refractivity contribution in [3.05, 3.63) is 0 Å². The van der Waals surface area contributed by atoms with Crippen LogP contribution >= 0.6 is 0 Å². The van der Waals surface area contributed by atoms with Crippen molar-refractivity contribution in [1.29, 1.82) is 0 Å². The summed E-state index contributed by atoms with van der Waals surface area (Å²) in [4.78, 5) is 10.5. The summed E-state index contributed by atoms with van der Waals surface area (Å²) in [6.45, 7) is -0.981. The van der Waals surface area contributed by atoms with Crippen LogP contribution in [0.4, 0.5) is 0 Å². The second-order valence-electron chi connectivity index (χ2n) is 1.87. The largest absolute Gasteiger partial charge is 0.394 e. The van der Waals surface area contributed by atoms with Gasteiger partial charge in [0.1, 0.15) is 12.2 Å². The standard InChI is InChI=1S/C5H11NO4/c6-1-3(8)5(10)4(9)2-7/h4-5,7,9-10H,1-2,6H2/t4-,5+/m1/s1. The van der Waals surface area contributed by atoms with Gasteiger partial charge in [0, 0.05) is 0 Å². The Bertz CT molecular complexity index is 116. The van der Waals surface area contributed by atoms with E-state index in [0.717, 1.165) is 0 Å². The first-order valence-corrected chi connectivity index (χ1v) is 2.83. The van der Waals surface area contributed by atoms with Gasteiger partial charge in [0.25, 0.3) is 0 Å². The smallest absolute Gasteiger partial charge is 0.177 e. The van der Waals surface area contributed by atoms with Gasteiger partial charge in [-0.1, -0.05) is 0 Å². The van der Waals surface area contributed by atoms with Gasteiger partial charge in [-0.25, -0.2) is 0 Å². The van der Waals surface area contributed by atoms with Crippen LogP contribution in [0.3, 0.4) is 0 Å². The first-order valence-electron chi connectivity index (χ1n) is 2.83. The van der Waals surface area contributed by atoms with Crippen LogP contribution in [0.1, 0.15) is 0 Å². The number of aliphatic hydroxyl groups is 3. The first-order chi connectivity index (χ1) is 4.63. The third-order valence-electron chi connectivity index (χ3n) is 1.08. The minimum Gasteiger partial charge on any atom is -0.394 e. The third kappa shape index (κ3) is 2.40. The summed E-state index contributed by atoms with van der Waals surface area (Å²) in [5, 5.41) is 25.6. The Labute approximate surface area is 58.1 Å². The zero-order chi connectivity index (χ0) is 8.15. The molecule has 0 aliphatic rings. The molecule has 10 heavy (non-hydrogen) atoms. The molecule has 0 spiro atoms. The molecule has 0 bridgehead atoms. The summed E-state index contributed by atoms with van der Waals surface area (Å²) in [5.74, 6) is -0.679. The normalized spacial score (nSPS) is 16.4. The Hall–Kier alpha value is -0.490. The van der Waals surface area contributed by atoms with Crippen molar-refractivity contribution >= 4 is 5.78 Å². The van der Waals surface area contributed by atoms with E-state index in [9.17, 15) is 4.79 Å². The van der Waals surface area contributed by atoms with E-state index in [1.807, 2.05) is 0 Å². The summed E-state index contributed by atoms with van der Waals surface area (Å²) < 4.78 is 0. The van der Waals surface area contributed by atoms with Gasteiger partial charge < -0.3 is 21.1 Å². The molecule has 0 aliphatic carbocycles. The molecule has 2 atom stereocenters. The SMILES string of the molecule is NCC(=O)[C@H](O)[C@H](O)CO. The molecule has 0 aliphatic heterocycles. The van der Waals surface area contributed by atoms with Crippen molar-refractivity contribution in [2.45, 2.75) is 12.2 Å². The lowest BCUT2D eigenvalue weighted by Gasteiger charge is -2.12. The van der Waals surface area contributed by atoms with Crippen LogP contribution in [0.5, 0.6) is 0 Å². The van der Waals surface area contributed by atoms with E-state index < -0.39 is 24.6 Å². The van der Waals surface area contributed by atoms with Crippen LogP contribution in [0.2, 0.25) is 0 Å². The summed E-state index contributed by atoms with van der Waals surface area (Å²) in [6, 6.07) is 0. The molecule has 0 rings (SSSR count). The molecular weight excluding hydrogens is 138 g/mol. The van der Waals surface area contributed by atoms with Crippen molar-refractivity contribution in [2.24, 2.45) is 5.73 Å². The Morgan fingerprint density at radius 1 is 1.50 bits per heavy atom. The van der Waals surface area contributed by atoms with Crippen molar-refractivity contribution in [3.8, 4) is 0 Å². The predicted octanol–water partition coefficient (Wildman–Crippen LogP) is -2.77. The minimum absolute atomic E-state index is 0.335. The fraction of sp³-hybridized carbons (Fsp3) is 0.800. The number of ketones is 1. The van der Waals surface area contributed by atoms with Gasteiger partial charge in [-0.15, -0.1) is 0 Å². The molecule has 0 aromatic carbocycles. The molecule has 0 fully saturated rings. The van der Waals surface area contributed by atoms with E-state index in [-0.39, 0.29) is 6.54 Å². The van der Waals surface area contributed by atoms with E-state index in [0.29, 0.717) is 0 Å². The van der Waals surface area contributed by atoms with Crippen molar-refractivity contribution in [2.75, 3.05) is 13.2 Å². The van der Waals surface area contributed by atoms with Gasteiger partial charge >= 0.3 is 0 Å². The van der Waals surface area contributed by atoms with Crippen molar-refractivity contribution < 1.29 is 20.1 Å². The van der Waals surface area contributed by atoms with Gasteiger partial charge in [0.15, 0.2) is 5.78 Å². The number of Topliss-reactive ketones (excluding diaryl/α,β-unsaturated/α-hetero) is 1. The molecule has 0 saturated carbocycles. The molecule has 5 N–H and O–H groups in total. The molecule has 0 aromatic rings. The summed E-state index contributed by atoms with van der Waals surface area (Å²) in [7, 11) is 0. The summed E-state index contributed by atoms with van der Waals surface area (Å²) in [6.07, 6.45) is -2.98. The fourth-order valence-electron chi connectivity index (χ4n) is 0.435. The minimum atomic E-state index is -1.56. The van der Waals surface area contributed by atoms with E-state index in [2.05, 4.69) is 0 Å². The van der Waals surface area contributed by atoms with Crippen LogP contribution in [0.15, 0.2) is 0 Å². The lowest BCUT2D eigenvalue weighted by molar-refractivity contribution is -0.133. The Balaban J connectivity index is 3.81. The highest BCUT2D eigenvalue weighted by molar-refractivity contribution is 5.85. The number of hydrogen-bond donors (Lipinski definition) is 4. The summed E-state index contributed by atoms with van der Waals surface area (Å²) in [5.41, 5.74) is 4.86. The maximum Gasteiger partial charge on any atom is 0.177 e. The number of aliphatic hydroxyl groups excluding tert-OH is 3. The van der Waals surface area contributed by atoms with Crippen LogP contribution in [-0.2, 0) is 4.79 Å². The number of carbonyl (C=O) groups is 1. The number of rotatable bonds is 4. The molecule has 0 heterocycles. The Kier molecular flexibility index (Phi) is 4.13. The molecule has 5 nitrogen and oxygen atoms in total. The van der Waals surface area contributed by atoms with E-state index in [1.165, 1.54) is 0 Å². The predicted molar refractivity (Wildman–Crippen MR) is 33.2 cm³/mol. The highest BCUT2D eigenvalue weighted by Crippen LogP contribution is 1.92. The van der Waals surface area contributed by atoms with Gasteiger partial charge in [0.05, 0.1) is 13.2 Å². The molecular formula is C5H11NO4. The third-order valence-corrected chi connectivity index (χ3v) is 1.08. The van der Waals surface area contributed by atoms with Crippen LogP contribution < -0.4 is 5.73 Å². The molecule has 0 amide bonds. The Morgan fingerprint density at radius 3 is 2.30 bits per heavy atom. The topological polar surface area (TPSA) is 104 Å². The Morgan fingerprint density at radius 2 is 2.00 bits per heavy atom. The van der Waals surface area contributed by atoms with Gasteiger partial charge in [0.2, 0.25) is 0 Å². The van der Waals surface area contributed by atoms with E-state index in [1.54, 1.807) is 0 Å². The lowest BCUT2D eigenvalue weighted by atomic mass is 10.1. The van der Waals surface area contributed by atoms with E-state index >= 15 is 0 Å². The maximum absolute atomic E-state index is 10.5. The lowest BCUT2D eigenvalue weighted by Crippen LogP contribution is -2.39. The number of carbonyl (C=O) groups excluding carboxylic acids is 1. The number of hydrogen-bond acceptors (Lipinski definition) is 5. The maximum atomic E-state index is 10.5. The highest BCUT2D eigenvalue weighted by Gasteiger charge is 2.21. The molecule has 0 aromatic heterocycles. The van der Waals surface area contributed by atoms with E-state index in [4.69, 9.17) is 21.1 Å². The van der Waals surface area contributed by atoms with Crippen molar-refractivity contribution in [1.82, 2.24) is 0 Å². The average Bonchev–Trinajstić information content (AvgIpc) is 2.00. The molecule has 60 valence electrons. The molecule has 0 saturated heterocycles. The van der Waals surface area contributed by atoms with Gasteiger partial charge in [-0.05, 0) is 0 Å². The zero-order valence-corrected chi connectivity index (χ0v) is 5.40. The van der Waals surface area contributed by atoms with Crippen molar-refractivity contribution in [3.63, 3.8) is 0 Å². The molecule has 5 heteroatoms. The second kappa shape index (κ2) is 4.35. The molecule has 0 unspecified atom stereocenters. The fourth-order valence-corrected chi connectivity index (χ4v) is 0.435. The monoisotopic (exact) mass is 149 g/mol. The first kappa shape index (κ1) is 9.51. The quantitative estimate of drug-likeness (QED) is 0.346. The second-order valence-corrected chi connectivity index (χ2v) is 1.87. The van der Waals surface area contributed by atoms with Gasteiger partial charge in [-0.3, -0.25) is 4.79 Å².